The van der Waals surface area contributed by atoms with Gasteiger partial charge in [-0.2, -0.15) is 13.2 Å². The molecule has 2 amide bonds. The third-order valence-electron chi connectivity index (χ3n) is 2.75. The van der Waals surface area contributed by atoms with E-state index in [4.69, 9.17) is 5.11 Å². The van der Waals surface area contributed by atoms with Crippen LogP contribution in [0.15, 0.2) is 0 Å². The molecule has 11 heteroatoms. The number of hydrogen-bond acceptors (Lipinski definition) is 4. The summed E-state index contributed by atoms with van der Waals surface area (Å²) in [5.74, 6) is -1.61. The number of fused-ring (bicyclic) bond motifs is 1. The van der Waals surface area contributed by atoms with E-state index in [-0.39, 0.29) is 25.5 Å². The Hall–Kier alpha value is -2.33. The molecule has 0 atom stereocenters. The van der Waals surface area contributed by atoms with E-state index in [1.54, 1.807) is 0 Å². The van der Waals surface area contributed by atoms with Crippen molar-refractivity contribution in [2.45, 2.75) is 19.3 Å². The zero-order chi connectivity index (χ0) is 14.9. The average Bonchev–Trinajstić information content (AvgIpc) is 2.78. The Morgan fingerprint density at radius 2 is 2.00 bits per heavy atom. The van der Waals surface area contributed by atoms with Gasteiger partial charge in [-0.25, -0.2) is 4.79 Å². The molecule has 0 spiro atoms. The van der Waals surface area contributed by atoms with Gasteiger partial charge in [0.2, 0.25) is 11.7 Å². The SMILES string of the molecule is O=C(O)NCC(=O)N1CCn2c(nnc2C(F)(F)F)C1. The van der Waals surface area contributed by atoms with Crippen molar-refractivity contribution in [3.63, 3.8) is 0 Å². The van der Waals surface area contributed by atoms with Crippen molar-refractivity contribution < 1.29 is 27.9 Å². The van der Waals surface area contributed by atoms with Crippen molar-refractivity contribution in [2.75, 3.05) is 13.1 Å². The molecule has 2 rings (SSSR count). The monoisotopic (exact) mass is 293 g/mol. The molecule has 8 nitrogen and oxygen atoms in total. The Labute approximate surface area is 110 Å². The summed E-state index contributed by atoms with van der Waals surface area (Å²) < 4.78 is 38.7. The van der Waals surface area contributed by atoms with Gasteiger partial charge >= 0.3 is 12.3 Å². The molecule has 2 N–H and O–H groups in total. The largest absolute Gasteiger partial charge is 0.465 e. The molecule has 2 heterocycles. The molecule has 110 valence electrons. The number of aromatic nitrogens is 3. The Balaban J connectivity index is 2.07. The van der Waals surface area contributed by atoms with Gasteiger partial charge in [0, 0.05) is 13.1 Å². The van der Waals surface area contributed by atoms with Gasteiger partial charge in [-0.05, 0) is 0 Å². The van der Waals surface area contributed by atoms with Crippen LogP contribution in [0.25, 0.3) is 0 Å². The molecule has 0 aliphatic carbocycles. The molecule has 0 unspecified atom stereocenters. The van der Waals surface area contributed by atoms with Crippen LogP contribution in [0, 0.1) is 0 Å². The molecule has 0 saturated heterocycles. The van der Waals surface area contributed by atoms with Crippen molar-refractivity contribution in [1.29, 1.82) is 0 Å². The summed E-state index contributed by atoms with van der Waals surface area (Å²) in [6.45, 7) is -0.622. The third kappa shape index (κ3) is 2.81. The fourth-order valence-corrected chi connectivity index (χ4v) is 1.84. The van der Waals surface area contributed by atoms with E-state index in [2.05, 4.69) is 10.2 Å². The summed E-state index contributed by atoms with van der Waals surface area (Å²) >= 11 is 0. The lowest BCUT2D eigenvalue weighted by Gasteiger charge is -2.27. The van der Waals surface area contributed by atoms with Gasteiger partial charge in [0.25, 0.3) is 0 Å². The van der Waals surface area contributed by atoms with E-state index >= 15 is 0 Å². The number of amides is 2. The van der Waals surface area contributed by atoms with Crippen molar-refractivity contribution in [2.24, 2.45) is 0 Å². The van der Waals surface area contributed by atoms with Crippen molar-refractivity contribution in [3.8, 4) is 0 Å². The van der Waals surface area contributed by atoms with E-state index in [0.717, 1.165) is 4.57 Å². The van der Waals surface area contributed by atoms with Gasteiger partial charge < -0.3 is 19.9 Å². The molecular weight excluding hydrogens is 283 g/mol. The summed E-state index contributed by atoms with van der Waals surface area (Å²) in [6, 6.07) is 0. The van der Waals surface area contributed by atoms with Crippen molar-refractivity contribution >= 4 is 12.0 Å². The Morgan fingerprint density at radius 3 is 2.60 bits per heavy atom. The van der Waals surface area contributed by atoms with Crippen molar-refractivity contribution in [3.05, 3.63) is 11.6 Å². The van der Waals surface area contributed by atoms with Crippen LogP contribution in [0.5, 0.6) is 0 Å². The molecule has 20 heavy (non-hydrogen) atoms. The van der Waals surface area contributed by atoms with E-state index in [1.165, 1.54) is 4.90 Å². The van der Waals surface area contributed by atoms with Crippen LogP contribution in [0.2, 0.25) is 0 Å². The minimum Gasteiger partial charge on any atom is -0.465 e. The molecule has 1 aromatic heterocycles. The Kier molecular flexibility index (Phi) is 3.51. The second kappa shape index (κ2) is 4.98. The van der Waals surface area contributed by atoms with Gasteiger partial charge in [0.15, 0.2) is 5.82 Å². The summed E-state index contributed by atoms with van der Waals surface area (Å²) in [6.07, 6.45) is -5.94. The first kappa shape index (κ1) is 14.1. The maximum Gasteiger partial charge on any atom is 0.451 e. The van der Waals surface area contributed by atoms with E-state index < -0.39 is 30.5 Å². The van der Waals surface area contributed by atoms with Crippen LogP contribution >= 0.6 is 0 Å². The highest BCUT2D eigenvalue weighted by molar-refractivity contribution is 5.81. The summed E-state index contributed by atoms with van der Waals surface area (Å²) in [7, 11) is 0. The summed E-state index contributed by atoms with van der Waals surface area (Å²) in [4.78, 5) is 23.1. The first-order valence-electron chi connectivity index (χ1n) is 5.53. The molecule has 0 saturated carbocycles. The second-order valence-corrected chi connectivity index (χ2v) is 4.06. The molecule has 0 radical (unpaired) electrons. The highest BCUT2D eigenvalue weighted by Crippen LogP contribution is 2.29. The quantitative estimate of drug-likeness (QED) is 0.793. The predicted molar refractivity (Wildman–Crippen MR) is 56.5 cm³/mol. The first-order chi connectivity index (χ1) is 9.29. The first-order valence-corrected chi connectivity index (χ1v) is 5.53. The average molecular weight is 293 g/mol. The maximum absolute atomic E-state index is 12.6. The van der Waals surface area contributed by atoms with E-state index in [0.29, 0.717) is 0 Å². The van der Waals surface area contributed by atoms with E-state index in [9.17, 15) is 22.8 Å². The van der Waals surface area contributed by atoms with Crippen LogP contribution in [0.4, 0.5) is 18.0 Å². The molecule has 0 aromatic carbocycles. The van der Waals surface area contributed by atoms with Gasteiger partial charge in [-0.15, -0.1) is 10.2 Å². The second-order valence-electron chi connectivity index (χ2n) is 4.06. The fourth-order valence-electron chi connectivity index (χ4n) is 1.84. The molecule has 1 aliphatic heterocycles. The normalized spacial score (nSPS) is 14.8. The molecular formula is C9H10F3N5O3. The molecule has 1 aromatic rings. The zero-order valence-electron chi connectivity index (χ0n) is 10.0. The predicted octanol–water partition coefficient (Wildman–Crippen LogP) is -0.0933. The number of hydrogen-bond donors (Lipinski definition) is 2. The molecule has 1 aliphatic rings. The van der Waals surface area contributed by atoms with Gasteiger partial charge in [0.05, 0.1) is 6.54 Å². The number of carbonyl (C=O) groups is 2. The van der Waals surface area contributed by atoms with Gasteiger partial charge in [-0.3, -0.25) is 4.79 Å². The number of alkyl halides is 3. The van der Waals surface area contributed by atoms with E-state index in [1.807, 2.05) is 5.32 Å². The van der Waals surface area contributed by atoms with Crippen LogP contribution in [-0.2, 0) is 24.1 Å². The fraction of sp³-hybridized carbons (Fsp3) is 0.556. The van der Waals surface area contributed by atoms with Crippen molar-refractivity contribution in [1.82, 2.24) is 25.0 Å². The highest BCUT2D eigenvalue weighted by Gasteiger charge is 2.39. The maximum atomic E-state index is 12.6. The standard InChI is InChI=1S/C9H10F3N5O3/c10-9(11,12)7-15-14-5-4-16(1-2-17(5)7)6(18)3-13-8(19)20/h13H,1-4H2,(H,19,20). The lowest BCUT2D eigenvalue weighted by atomic mass is 10.3. The lowest BCUT2D eigenvalue weighted by Crippen LogP contribution is -2.44. The molecule has 0 fully saturated rings. The number of nitrogens with one attached hydrogen (secondary N) is 1. The van der Waals surface area contributed by atoms with Gasteiger partial charge in [-0.1, -0.05) is 0 Å². The topological polar surface area (TPSA) is 100 Å². The number of halogens is 3. The summed E-state index contributed by atoms with van der Waals surface area (Å²) in [5, 5.41) is 16.8. The highest BCUT2D eigenvalue weighted by atomic mass is 19.4. The Bertz CT molecular complexity index is 541. The number of rotatable bonds is 2. The van der Waals surface area contributed by atoms with Gasteiger partial charge in [0.1, 0.15) is 6.54 Å². The number of carboxylic acid groups (broad SMARTS) is 1. The number of nitrogens with zero attached hydrogens (tertiary/aromatic N) is 4. The summed E-state index contributed by atoms with van der Waals surface area (Å²) in [5.41, 5.74) is 0. The lowest BCUT2D eigenvalue weighted by molar-refractivity contribution is -0.148. The van der Waals surface area contributed by atoms with Crippen LogP contribution in [0.3, 0.4) is 0 Å². The third-order valence-corrected chi connectivity index (χ3v) is 2.75. The van der Waals surface area contributed by atoms with Crippen LogP contribution < -0.4 is 5.32 Å². The minimum atomic E-state index is -4.59. The molecule has 0 bridgehead atoms. The smallest absolute Gasteiger partial charge is 0.451 e. The Morgan fingerprint density at radius 1 is 1.30 bits per heavy atom. The zero-order valence-corrected chi connectivity index (χ0v) is 10.0. The minimum absolute atomic E-state index is 0.0206. The number of carbonyl (C=O) groups excluding carboxylic acids is 1. The van der Waals surface area contributed by atoms with Crippen LogP contribution in [0.1, 0.15) is 11.6 Å². The van der Waals surface area contributed by atoms with Crippen LogP contribution in [-0.4, -0.2) is 49.9 Å².